The standard InChI is InChI=1S/C16H23ClN2O2/c1-3-16(4-2)7-9-18(10-8-16)12-13-11-14(19(20)21)5-6-15(13)17/h5-6,11H,3-4,7-10,12H2,1-2H3. The minimum absolute atomic E-state index is 0.114. The highest BCUT2D eigenvalue weighted by atomic mass is 35.5. The Balaban J connectivity index is 2.03. The molecule has 1 aromatic rings. The highest BCUT2D eigenvalue weighted by molar-refractivity contribution is 6.31. The van der Waals surface area contributed by atoms with E-state index in [1.807, 2.05) is 0 Å². The first kappa shape index (κ1) is 16.2. The van der Waals surface area contributed by atoms with Crippen LogP contribution in [0.4, 0.5) is 5.69 Å². The molecule has 21 heavy (non-hydrogen) atoms. The van der Waals surface area contributed by atoms with Crippen LogP contribution in [0.2, 0.25) is 5.02 Å². The number of hydrogen-bond donors (Lipinski definition) is 0. The molecule has 0 aliphatic carbocycles. The van der Waals surface area contributed by atoms with Crippen LogP contribution in [0.3, 0.4) is 0 Å². The Kier molecular flexibility index (Phi) is 5.22. The number of piperidine rings is 1. The summed E-state index contributed by atoms with van der Waals surface area (Å²) in [6, 6.07) is 4.69. The van der Waals surface area contributed by atoms with Crippen LogP contribution in [0.1, 0.15) is 45.1 Å². The molecule has 1 heterocycles. The van der Waals surface area contributed by atoms with Gasteiger partial charge in [-0.1, -0.05) is 38.3 Å². The first-order valence-electron chi connectivity index (χ1n) is 7.65. The molecule has 5 heteroatoms. The molecule has 1 aliphatic rings. The van der Waals surface area contributed by atoms with Gasteiger partial charge in [0, 0.05) is 23.7 Å². The number of nitro benzene ring substituents is 1. The maximum Gasteiger partial charge on any atom is 0.269 e. The van der Waals surface area contributed by atoms with E-state index in [0.29, 0.717) is 17.0 Å². The van der Waals surface area contributed by atoms with Crippen LogP contribution in [0.25, 0.3) is 0 Å². The summed E-state index contributed by atoms with van der Waals surface area (Å²) in [5, 5.41) is 11.5. The minimum atomic E-state index is -0.366. The SMILES string of the molecule is CCC1(CC)CCN(Cc2cc([N+](=O)[O-])ccc2Cl)CC1. The Morgan fingerprint density at radius 2 is 1.90 bits per heavy atom. The van der Waals surface area contributed by atoms with Crippen molar-refractivity contribution in [2.24, 2.45) is 5.41 Å². The van der Waals surface area contributed by atoms with E-state index in [1.54, 1.807) is 12.1 Å². The Hall–Kier alpha value is -1.13. The first-order chi connectivity index (χ1) is 9.99. The third-order valence-electron chi connectivity index (χ3n) is 5.05. The molecule has 1 fully saturated rings. The number of nitro groups is 1. The lowest BCUT2D eigenvalue weighted by Gasteiger charge is -2.41. The molecule has 0 N–H and O–H groups in total. The summed E-state index contributed by atoms with van der Waals surface area (Å²) < 4.78 is 0. The molecule has 0 radical (unpaired) electrons. The molecule has 1 aliphatic heterocycles. The topological polar surface area (TPSA) is 46.4 Å². The van der Waals surface area contributed by atoms with Gasteiger partial charge in [-0.25, -0.2) is 0 Å². The number of likely N-dealkylation sites (tertiary alicyclic amines) is 1. The van der Waals surface area contributed by atoms with Gasteiger partial charge in [0.25, 0.3) is 5.69 Å². The van der Waals surface area contributed by atoms with Gasteiger partial charge in [-0.2, -0.15) is 0 Å². The predicted molar refractivity (Wildman–Crippen MR) is 85.6 cm³/mol. The van der Waals surface area contributed by atoms with Crippen LogP contribution in [0, 0.1) is 15.5 Å². The fraction of sp³-hybridized carbons (Fsp3) is 0.625. The summed E-state index contributed by atoms with van der Waals surface area (Å²) >= 11 is 6.18. The second-order valence-corrected chi connectivity index (χ2v) is 6.42. The van der Waals surface area contributed by atoms with Crippen molar-refractivity contribution in [1.82, 2.24) is 4.90 Å². The summed E-state index contributed by atoms with van der Waals surface area (Å²) in [6.07, 6.45) is 4.86. The molecule has 0 amide bonds. The molecule has 0 saturated carbocycles. The van der Waals surface area contributed by atoms with Crippen LogP contribution in [-0.4, -0.2) is 22.9 Å². The number of benzene rings is 1. The van der Waals surface area contributed by atoms with E-state index in [-0.39, 0.29) is 10.6 Å². The molecular formula is C16H23ClN2O2. The highest BCUT2D eigenvalue weighted by Crippen LogP contribution is 2.38. The molecule has 0 spiro atoms. The summed E-state index contributed by atoms with van der Waals surface area (Å²) in [6.45, 7) is 7.33. The molecule has 0 bridgehead atoms. The molecule has 1 saturated heterocycles. The molecule has 0 unspecified atom stereocenters. The summed E-state index contributed by atoms with van der Waals surface area (Å²) in [5.41, 5.74) is 1.46. The monoisotopic (exact) mass is 310 g/mol. The van der Waals surface area contributed by atoms with Gasteiger partial charge in [0.15, 0.2) is 0 Å². The zero-order valence-electron chi connectivity index (χ0n) is 12.8. The molecule has 2 rings (SSSR count). The van der Waals surface area contributed by atoms with Gasteiger partial charge < -0.3 is 0 Å². The lowest BCUT2D eigenvalue weighted by atomic mass is 9.74. The fourth-order valence-electron chi connectivity index (χ4n) is 3.18. The van der Waals surface area contributed by atoms with Crippen LogP contribution in [-0.2, 0) is 6.54 Å². The quantitative estimate of drug-likeness (QED) is 0.587. The second kappa shape index (κ2) is 6.75. The molecule has 4 nitrogen and oxygen atoms in total. The van der Waals surface area contributed by atoms with Crippen molar-refractivity contribution in [3.05, 3.63) is 38.9 Å². The van der Waals surface area contributed by atoms with Crippen LogP contribution in [0.5, 0.6) is 0 Å². The van der Waals surface area contributed by atoms with E-state index in [9.17, 15) is 10.1 Å². The maximum atomic E-state index is 10.9. The zero-order chi connectivity index (χ0) is 15.5. The number of non-ortho nitro benzene ring substituents is 1. The van der Waals surface area contributed by atoms with Crippen LogP contribution < -0.4 is 0 Å². The van der Waals surface area contributed by atoms with Gasteiger partial charge >= 0.3 is 0 Å². The third-order valence-corrected chi connectivity index (χ3v) is 5.42. The van der Waals surface area contributed by atoms with E-state index in [2.05, 4.69) is 18.7 Å². The predicted octanol–water partition coefficient (Wildman–Crippen LogP) is 4.65. The third kappa shape index (κ3) is 3.74. The summed E-state index contributed by atoms with van der Waals surface area (Å²) in [7, 11) is 0. The molecule has 0 aromatic heterocycles. The number of halogens is 1. The van der Waals surface area contributed by atoms with E-state index in [0.717, 1.165) is 18.7 Å². The smallest absolute Gasteiger partial charge is 0.269 e. The van der Waals surface area contributed by atoms with E-state index in [1.165, 1.54) is 31.7 Å². The molecular weight excluding hydrogens is 288 g/mol. The van der Waals surface area contributed by atoms with Gasteiger partial charge in [-0.05, 0) is 43.0 Å². The Morgan fingerprint density at radius 3 is 2.43 bits per heavy atom. The average Bonchev–Trinajstić information content (AvgIpc) is 2.50. The van der Waals surface area contributed by atoms with Gasteiger partial charge in [0.2, 0.25) is 0 Å². The van der Waals surface area contributed by atoms with Crippen molar-refractivity contribution in [2.75, 3.05) is 13.1 Å². The lowest BCUT2D eigenvalue weighted by molar-refractivity contribution is -0.384. The largest absolute Gasteiger partial charge is 0.299 e. The van der Waals surface area contributed by atoms with E-state index in [4.69, 9.17) is 11.6 Å². The minimum Gasteiger partial charge on any atom is -0.299 e. The van der Waals surface area contributed by atoms with Gasteiger partial charge in [0.05, 0.1) is 4.92 Å². The molecule has 116 valence electrons. The fourth-order valence-corrected chi connectivity index (χ4v) is 3.36. The molecule has 1 aromatic carbocycles. The van der Waals surface area contributed by atoms with Crippen molar-refractivity contribution < 1.29 is 4.92 Å². The van der Waals surface area contributed by atoms with E-state index < -0.39 is 0 Å². The Labute approximate surface area is 131 Å². The summed E-state index contributed by atoms with van der Waals surface area (Å²) in [5.74, 6) is 0. The van der Waals surface area contributed by atoms with Crippen molar-refractivity contribution in [2.45, 2.75) is 46.1 Å². The van der Waals surface area contributed by atoms with Gasteiger partial charge in [0.1, 0.15) is 0 Å². The van der Waals surface area contributed by atoms with Gasteiger partial charge in [-0.3, -0.25) is 15.0 Å². The number of rotatable bonds is 5. The second-order valence-electron chi connectivity index (χ2n) is 6.02. The van der Waals surface area contributed by atoms with Crippen LogP contribution in [0.15, 0.2) is 18.2 Å². The highest BCUT2D eigenvalue weighted by Gasteiger charge is 2.31. The van der Waals surface area contributed by atoms with Crippen molar-refractivity contribution >= 4 is 17.3 Å². The lowest BCUT2D eigenvalue weighted by Crippen LogP contribution is -2.39. The zero-order valence-corrected chi connectivity index (χ0v) is 13.5. The van der Waals surface area contributed by atoms with Crippen molar-refractivity contribution in [3.8, 4) is 0 Å². The summed E-state index contributed by atoms with van der Waals surface area (Å²) in [4.78, 5) is 12.9. The van der Waals surface area contributed by atoms with Crippen LogP contribution >= 0.6 is 11.6 Å². The normalized spacial score (nSPS) is 18.6. The van der Waals surface area contributed by atoms with Crippen molar-refractivity contribution in [1.29, 1.82) is 0 Å². The van der Waals surface area contributed by atoms with Crippen molar-refractivity contribution in [3.63, 3.8) is 0 Å². The first-order valence-corrected chi connectivity index (χ1v) is 8.02. The number of hydrogen-bond acceptors (Lipinski definition) is 3. The van der Waals surface area contributed by atoms with Gasteiger partial charge in [-0.15, -0.1) is 0 Å². The Bertz CT molecular complexity index is 505. The Morgan fingerprint density at radius 1 is 1.29 bits per heavy atom. The molecule has 0 atom stereocenters. The number of nitrogens with zero attached hydrogens (tertiary/aromatic N) is 2. The maximum absolute atomic E-state index is 10.9. The van der Waals surface area contributed by atoms with E-state index >= 15 is 0 Å². The average molecular weight is 311 g/mol.